The SMILES string of the molecule is CCCCCN(C(=O)c1cccc2ccccc12)C(C)c1nc2ccccc2c(=O)n1-c1ccccc1CC. The van der Waals surface area contributed by atoms with E-state index in [9.17, 15) is 9.59 Å². The maximum atomic E-state index is 14.3. The van der Waals surface area contributed by atoms with E-state index in [1.807, 2.05) is 103 Å². The summed E-state index contributed by atoms with van der Waals surface area (Å²) in [5, 5.41) is 2.53. The number of unbranched alkanes of at least 4 members (excludes halogenated alkanes) is 2. The van der Waals surface area contributed by atoms with Gasteiger partial charge in [-0.25, -0.2) is 4.98 Å². The lowest BCUT2D eigenvalue weighted by molar-refractivity contribution is 0.0679. The van der Waals surface area contributed by atoms with E-state index in [0.717, 1.165) is 47.7 Å². The number of hydrogen-bond donors (Lipinski definition) is 0. The van der Waals surface area contributed by atoms with Crippen LogP contribution in [0.4, 0.5) is 0 Å². The van der Waals surface area contributed by atoms with Crippen LogP contribution in [0.3, 0.4) is 0 Å². The second-order valence-electron chi connectivity index (χ2n) is 10.0. The number of rotatable bonds is 9. The lowest BCUT2D eigenvalue weighted by Gasteiger charge is -2.31. The lowest BCUT2D eigenvalue weighted by Crippen LogP contribution is -2.38. The zero-order chi connectivity index (χ0) is 27.4. The molecule has 39 heavy (non-hydrogen) atoms. The van der Waals surface area contributed by atoms with Crippen LogP contribution >= 0.6 is 0 Å². The van der Waals surface area contributed by atoms with Crippen molar-refractivity contribution in [1.82, 2.24) is 14.5 Å². The van der Waals surface area contributed by atoms with Gasteiger partial charge in [0.1, 0.15) is 5.82 Å². The third-order valence-electron chi connectivity index (χ3n) is 7.54. The molecule has 198 valence electrons. The first-order valence-electron chi connectivity index (χ1n) is 13.9. The lowest BCUT2D eigenvalue weighted by atomic mass is 10.0. The van der Waals surface area contributed by atoms with Gasteiger partial charge in [0.2, 0.25) is 0 Å². The number of carbonyl (C=O) groups excluding carboxylic acids is 1. The minimum atomic E-state index is -0.435. The van der Waals surface area contributed by atoms with Gasteiger partial charge in [-0.3, -0.25) is 14.2 Å². The minimum absolute atomic E-state index is 0.0480. The number of carbonyl (C=O) groups is 1. The molecule has 4 aromatic carbocycles. The Morgan fingerprint density at radius 3 is 2.33 bits per heavy atom. The average molecular weight is 518 g/mol. The Hall–Kier alpha value is -4.25. The number of para-hydroxylation sites is 2. The fraction of sp³-hybridized carbons (Fsp3) is 0.265. The second-order valence-corrected chi connectivity index (χ2v) is 10.0. The standard InChI is InChI=1S/C34H35N3O2/c1-4-6-13-23-36(33(38)28-20-14-17-26-16-7-9-18-27(26)28)24(3)32-35-30-21-11-10-19-29(30)34(39)37(32)31-22-12-8-15-25(31)5-2/h7-12,14-22,24H,4-6,13,23H2,1-3H3. The first-order chi connectivity index (χ1) is 19.0. The van der Waals surface area contributed by atoms with Crippen LogP contribution in [0.1, 0.15) is 67.8 Å². The quantitative estimate of drug-likeness (QED) is 0.190. The van der Waals surface area contributed by atoms with Gasteiger partial charge in [0.15, 0.2) is 0 Å². The molecule has 0 spiro atoms. The first-order valence-corrected chi connectivity index (χ1v) is 13.9. The number of fused-ring (bicyclic) bond motifs is 2. The van der Waals surface area contributed by atoms with E-state index < -0.39 is 6.04 Å². The third kappa shape index (κ3) is 5.09. The van der Waals surface area contributed by atoms with Gasteiger partial charge in [0.05, 0.1) is 22.6 Å². The molecule has 0 aliphatic carbocycles. The zero-order valence-electron chi connectivity index (χ0n) is 22.9. The number of aromatic nitrogens is 2. The Morgan fingerprint density at radius 1 is 0.846 bits per heavy atom. The Bertz CT molecular complexity index is 1680. The maximum Gasteiger partial charge on any atom is 0.266 e. The summed E-state index contributed by atoms with van der Waals surface area (Å²) in [7, 11) is 0. The van der Waals surface area contributed by atoms with Crippen molar-refractivity contribution in [2.75, 3.05) is 6.54 Å². The van der Waals surface area contributed by atoms with Gasteiger partial charge >= 0.3 is 0 Å². The fourth-order valence-corrected chi connectivity index (χ4v) is 5.40. The van der Waals surface area contributed by atoms with Crippen molar-refractivity contribution in [2.45, 2.75) is 52.5 Å². The van der Waals surface area contributed by atoms with Gasteiger partial charge in [-0.15, -0.1) is 0 Å². The summed E-state index contributed by atoms with van der Waals surface area (Å²) in [6.45, 7) is 6.82. The Morgan fingerprint density at radius 2 is 1.54 bits per heavy atom. The van der Waals surface area contributed by atoms with Crippen molar-refractivity contribution in [3.8, 4) is 5.69 Å². The number of aryl methyl sites for hydroxylation is 1. The molecule has 1 heterocycles. The van der Waals surface area contributed by atoms with Gasteiger partial charge in [-0.05, 0) is 60.4 Å². The topological polar surface area (TPSA) is 55.2 Å². The van der Waals surface area contributed by atoms with E-state index in [2.05, 4.69) is 13.8 Å². The molecule has 5 rings (SSSR count). The number of amides is 1. The predicted molar refractivity (Wildman–Crippen MR) is 160 cm³/mol. The Labute approximate surface area is 229 Å². The maximum absolute atomic E-state index is 14.3. The van der Waals surface area contributed by atoms with Gasteiger partial charge in [0.25, 0.3) is 11.5 Å². The molecule has 0 N–H and O–H groups in total. The molecule has 5 heteroatoms. The highest BCUT2D eigenvalue weighted by Crippen LogP contribution is 2.28. The van der Waals surface area contributed by atoms with Crippen molar-refractivity contribution in [2.24, 2.45) is 0 Å². The van der Waals surface area contributed by atoms with Crippen molar-refractivity contribution in [3.63, 3.8) is 0 Å². The fourth-order valence-electron chi connectivity index (χ4n) is 5.40. The zero-order valence-corrected chi connectivity index (χ0v) is 22.9. The molecular formula is C34H35N3O2. The summed E-state index contributed by atoms with van der Waals surface area (Å²) < 4.78 is 1.73. The number of hydrogen-bond acceptors (Lipinski definition) is 3. The van der Waals surface area contributed by atoms with E-state index in [-0.39, 0.29) is 11.5 Å². The molecule has 0 aliphatic heterocycles. The van der Waals surface area contributed by atoms with Crippen LogP contribution < -0.4 is 5.56 Å². The van der Waals surface area contributed by atoms with Crippen LogP contribution in [0, 0.1) is 0 Å². The number of benzene rings is 4. The first kappa shape index (κ1) is 26.4. The van der Waals surface area contributed by atoms with E-state index in [1.165, 1.54) is 0 Å². The highest BCUT2D eigenvalue weighted by atomic mass is 16.2. The second kappa shape index (κ2) is 11.6. The van der Waals surface area contributed by atoms with E-state index in [0.29, 0.717) is 28.8 Å². The van der Waals surface area contributed by atoms with E-state index in [1.54, 1.807) is 4.57 Å². The van der Waals surface area contributed by atoms with Crippen LogP contribution in [0.25, 0.3) is 27.4 Å². The summed E-state index contributed by atoms with van der Waals surface area (Å²) in [5.74, 6) is 0.526. The average Bonchev–Trinajstić information content (AvgIpc) is 2.98. The van der Waals surface area contributed by atoms with Crippen molar-refractivity contribution < 1.29 is 4.79 Å². The van der Waals surface area contributed by atoms with Crippen LogP contribution in [0.15, 0.2) is 95.8 Å². The normalized spacial score (nSPS) is 12.1. The highest BCUT2D eigenvalue weighted by molar-refractivity contribution is 6.07. The largest absolute Gasteiger partial charge is 0.329 e. The van der Waals surface area contributed by atoms with Gasteiger partial charge in [-0.1, -0.05) is 93.4 Å². The molecular weight excluding hydrogens is 482 g/mol. The molecule has 5 nitrogen and oxygen atoms in total. The molecule has 1 aromatic heterocycles. The van der Waals surface area contributed by atoms with Crippen molar-refractivity contribution in [1.29, 1.82) is 0 Å². The van der Waals surface area contributed by atoms with Crippen molar-refractivity contribution in [3.05, 3.63) is 118 Å². The molecule has 0 saturated carbocycles. The van der Waals surface area contributed by atoms with Crippen LogP contribution in [-0.2, 0) is 6.42 Å². The minimum Gasteiger partial charge on any atom is -0.329 e. The number of nitrogens with zero attached hydrogens (tertiary/aromatic N) is 3. The monoisotopic (exact) mass is 517 g/mol. The van der Waals surface area contributed by atoms with Crippen molar-refractivity contribution >= 4 is 27.6 Å². The highest BCUT2D eigenvalue weighted by Gasteiger charge is 2.28. The Kier molecular flexibility index (Phi) is 7.87. The van der Waals surface area contributed by atoms with Gasteiger partial charge in [0, 0.05) is 12.1 Å². The molecule has 0 bridgehead atoms. The predicted octanol–water partition coefficient (Wildman–Crippen LogP) is 7.49. The van der Waals surface area contributed by atoms with Crippen LogP contribution in [0.2, 0.25) is 0 Å². The van der Waals surface area contributed by atoms with E-state index >= 15 is 0 Å². The molecule has 0 fully saturated rings. The summed E-state index contributed by atoms with van der Waals surface area (Å²) in [6.07, 6.45) is 3.72. The van der Waals surface area contributed by atoms with Crippen LogP contribution in [-0.4, -0.2) is 26.9 Å². The smallest absolute Gasteiger partial charge is 0.266 e. The summed E-state index contributed by atoms with van der Waals surface area (Å²) in [5.41, 5.74) is 3.06. The molecule has 0 saturated heterocycles. The summed E-state index contributed by atoms with van der Waals surface area (Å²) in [6, 6.07) is 28.8. The molecule has 0 aliphatic rings. The van der Waals surface area contributed by atoms with Crippen LogP contribution in [0.5, 0.6) is 0 Å². The molecule has 0 radical (unpaired) electrons. The van der Waals surface area contributed by atoms with Gasteiger partial charge in [-0.2, -0.15) is 0 Å². The summed E-state index contributed by atoms with van der Waals surface area (Å²) >= 11 is 0. The Balaban J connectivity index is 1.71. The third-order valence-corrected chi connectivity index (χ3v) is 7.54. The molecule has 1 unspecified atom stereocenters. The molecule has 1 amide bonds. The molecule has 1 atom stereocenters. The molecule has 5 aromatic rings. The summed E-state index contributed by atoms with van der Waals surface area (Å²) in [4.78, 5) is 35.3. The van der Waals surface area contributed by atoms with Gasteiger partial charge < -0.3 is 4.90 Å². The van der Waals surface area contributed by atoms with E-state index in [4.69, 9.17) is 4.98 Å².